The number of nitrogens with one attached hydrogen (secondary N) is 1. The normalized spacial score (nSPS) is 10.9. The molecule has 0 aliphatic carbocycles. The van der Waals surface area contributed by atoms with Crippen molar-refractivity contribution in [1.82, 2.24) is 20.1 Å². The van der Waals surface area contributed by atoms with Crippen molar-refractivity contribution in [3.63, 3.8) is 0 Å². The van der Waals surface area contributed by atoms with Gasteiger partial charge in [0.05, 0.1) is 10.8 Å². The molecule has 0 aliphatic rings. The highest BCUT2D eigenvalue weighted by molar-refractivity contribution is 7.99. The maximum atomic E-state index is 11.7. The Morgan fingerprint density at radius 3 is 2.76 bits per heavy atom. The molecule has 0 bridgehead atoms. The van der Waals surface area contributed by atoms with E-state index in [1.54, 1.807) is 0 Å². The standard InChI is InChI=1S/C14H17ClN4OS/c1-9(2)16-12(20)8-21-14-18-17-13(19(14)3)10-6-4-5-7-11(10)15/h4-7,9H,8H2,1-3H3,(H,16,20). The number of carbonyl (C=O) groups is 1. The van der Waals surface area contributed by atoms with Crippen LogP contribution in [0.25, 0.3) is 11.4 Å². The van der Waals surface area contributed by atoms with Gasteiger partial charge in [0.15, 0.2) is 11.0 Å². The summed E-state index contributed by atoms with van der Waals surface area (Å²) in [6.07, 6.45) is 0. The number of hydrogen-bond acceptors (Lipinski definition) is 4. The summed E-state index contributed by atoms with van der Waals surface area (Å²) in [7, 11) is 1.86. The van der Waals surface area contributed by atoms with Crippen molar-refractivity contribution >= 4 is 29.3 Å². The van der Waals surface area contributed by atoms with Gasteiger partial charge in [-0.2, -0.15) is 0 Å². The van der Waals surface area contributed by atoms with Crippen molar-refractivity contribution in [3.8, 4) is 11.4 Å². The van der Waals surface area contributed by atoms with E-state index in [1.165, 1.54) is 11.8 Å². The molecule has 0 fully saturated rings. The van der Waals surface area contributed by atoms with Gasteiger partial charge in [-0.3, -0.25) is 4.79 Å². The molecule has 0 spiro atoms. The van der Waals surface area contributed by atoms with Gasteiger partial charge in [-0.1, -0.05) is 35.5 Å². The second-order valence-electron chi connectivity index (χ2n) is 4.86. The molecular formula is C14H17ClN4OS. The van der Waals surface area contributed by atoms with Crippen LogP contribution in [0.1, 0.15) is 13.8 Å². The molecule has 2 aromatic rings. The van der Waals surface area contributed by atoms with Gasteiger partial charge >= 0.3 is 0 Å². The van der Waals surface area contributed by atoms with Crippen molar-refractivity contribution in [1.29, 1.82) is 0 Å². The Hall–Kier alpha value is -1.53. The van der Waals surface area contributed by atoms with Crippen LogP contribution in [-0.4, -0.2) is 32.5 Å². The van der Waals surface area contributed by atoms with E-state index in [0.29, 0.717) is 21.8 Å². The minimum absolute atomic E-state index is 0.0164. The number of aromatic nitrogens is 3. The lowest BCUT2D eigenvalue weighted by Gasteiger charge is -2.08. The predicted molar refractivity (Wildman–Crippen MR) is 85.5 cm³/mol. The summed E-state index contributed by atoms with van der Waals surface area (Å²) >= 11 is 7.53. The molecule has 0 saturated heterocycles. The topological polar surface area (TPSA) is 59.8 Å². The molecule has 0 unspecified atom stereocenters. The second-order valence-corrected chi connectivity index (χ2v) is 6.21. The number of nitrogens with zero attached hydrogens (tertiary/aromatic N) is 3. The zero-order valence-electron chi connectivity index (χ0n) is 12.1. The third kappa shape index (κ3) is 3.98. The fourth-order valence-corrected chi connectivity index (χ4v) is 2.75. The Morgan fingerprint density at radius 1 is 1.38 bits per heavy atom. The zero-order chi connectivity index (χ0) is 15.4. The summed E-state index contributed by atoms with van der Waals surface area (Å²) in [4.78, 5) is 11.7. The molecule has 5 nitrogen and oxygen atoms in total. The lowest BCUT2D eigenvalue weighted by molar-refractivity contribution is -0.119. The van der Waals surface area contributed by atoms with Crippen molar-refractivity contribution in [2.75, 3.05) is 5.75 Å². The number of carbonyl (C=O) groups excluding carboxylic acids is 1. The highest BCUT2D eigenvalue weighted by atomic mass is 35.5. The third-order valence-electron chi connectivity index (χ3n) is 2.73. The molecule has 0 radical (unpaired) electrons. The van der Waals surface area contributed by atoms with E-state index in [0.717, 1.165) is 5.56 Å². The van der Waals surface area contributed by atoms with Crippen LogP contribution >= 0.6 is 23.4 Å². The first-order valence-electron chi connectivity index (χ1n) is 6.55. The van der Waals surface area contributed by atoms with Crippen LogP contribution in [0.3, 0.4) is 0 Å². The smallest absolute Gasteiger partial charge is 0.230 e. The summed E-state index contributed by atoms with van der Waals surface area (Å²) in [6, 6.07) is 7.62. The number of hydrogen-bond donors (Lipinski definition) is 1. The molecule has 0 saturated carbocycles. The van der Waals surface area contributed by atoms with Gasteiger partial charge in [0.2, 0.25) is 5.91 Å². The van der Waals surface area contributed by atoms with Crippen LogP contribution in [0.15, 0.2) is 29.4 Å². The molecule has 112 valence electrons. The van der Waals surface area contributed by atoms with Crippen molar-refractivity contribution < 1.29 is 4.79 Å². The van der Waals surface area contributed by atoms with Gasteiger partial charge in [0, 0.05) is 18.7 Å². The Bertz CT molecular complexity index is 642. The Balaban J connectivity index is 2.11. The van der Waals surface area contributed by atoms with E-state index in [2.05, 4.69) is 15.5 Å². The number of rotatable bonds is 5. The van der Waals surface area contributed by atoms with Gasteiger partial charge < -0.3 is 9.88 Å². The van der Waals surface area contributed by atoms with Crippen LogP contribution in [-0.2, 0) is 11.8 Å². The molecule has 7 heteroatoms. The monoisotopic (exact) mass is 324 g/mol. The quantitative estimate of drug-likeness (QED) is 0.859. The maximum absolute atomic E-state index is 11.7. The van der Waals surface area contributed by atoms with Crippen molar-refractivity contribution in [2.45, 2.75) is 25.0 Å². The maximum Gasteiger partial charge on any atom is 0.230 e. The average Bonchev–Trinajstić information content (AvgIpc) is 2.77. The van der Waals surface area contributed by atoms with Crippen LogP contribution in [0.2, 0.25) is 5.02 Å². The predicted octanol–water partition coefficient (Wildman–Crippen LogP) is 2.75. The summed E-state index contributed by atoms with van der Waals surface area (Å²) in [6.45, 7) is 3.86. The molecular weight excluding hydrogens is 308 g/mol. The van der Waals surface area contributed by atoms with E-state index in [4.69, 9.17) is 11.6 Å². The number of halogens is 1. The van der Waals surface area contributed by atoms with E-state index in [-0.39, 0.29) is 11.9 Å². The summed E-state index contributed by atoms with van der Waals surface area (Å²) < 4.78 is 1.84. The van der Waals surface area contributed by atoms with Gasteiger partial charge in [-0.25, -0.2) is 0 Å². The Kier molecular flexibility index (Phi) is 5.25. The first-order valence-corrected chi connectivity index (χ1v) is 7.92. The molecule has 1 N–H and O–H groups in total. The Morgan fingerprint density at radius 2 is 2.10 bits per heavy atom. The first-order chi connectivity index (χ1) is 9.99. The van der Waals surface area contributed by atoms with Gasteiger partial charge in [0.25, 0.3) is 0 Å². The number of thioether (sulfide) groups is 1. The summed E-state index contributed by atoms with van der Waals surface area (Å²) in [5, 5.41) is 12.4. The average molecular weight is 325 g/mol. The molecule has 1 amide bonds. The van der Waals surface area contributed by atoms with Crippen LogP contribution < -0.4 is 5.32 Å². The van der Waals surface area contributed by atoms with E-state index >= 15 is 0 Å². The molecule has 1 aromatic heterocycles. The van der Waals surface area contributed by atoms with E-state index in [9.17, 15) is 4.79 Å². The lowest BCUT2D eigenvalue weighted by Crippen LogP contribution is -2.31. The van der Waals surface area contributed by atoms with Gasteiger partial charge in [0.1, 0.15) is 0 Å². The number of amides is 1. The minimum Gasteiger partial charge on any atom is -0.353 e. The second kappa shape index (κ2) is 6.95. The minimum atomic E-state index is -0.0164. The van der Waals surface area contributed by atoms with Crippen LogP contribution in [0.5, 0.6) is 0 Å². The number of benzene rings is 1. The molecule has 0 atom stereocenters. The highest BCUT2D eigenvalue weighted by Gasteiger charge is 2.14. The van der Waals surface area contributed by atoms with Gasteiger partial charge in [-0.15, -0.1) is 10.2 Å². The van der Waals surface area contributed by atoms with Crippen LogP contribution in [0.4, 0.5) is 0 Å². The SMILES string of the molecule is CC(C)NC(=O)CSc1nnc(-c2ccccc2Cl)n1C. The van der Waals surface area contributed by atoms with Crippen molar-refractivity contribution in [3.05, 3.63) is 29.3 Å². The first kappa shape index (κ1) is 15.9. The lowest BCUT2D eigenvalue weighted by atomic mass is 10.2. The van der Waals surface area contributed by atoms with Crippen molar-refractivity contribution in [2.24, 2.45) is 7.05 Å². The third-order valence-corrected chi connectivity index (χ3v) is 4.08. The van der Waals surface area contributed by atoms with E-state index < -0.39 is 0 Å². The Labute approximate surface area is 133 Å². The molecule has 1 heterocycles. The summed E-state index contributed by atoms with van der Waals surface area (Å²) in [5.41, 5.74) is 0.827. The van der Waals surface area contributed by atoms with Gasteiger partial charge in [-0.05, 0) is 26.0 Å². The van der Waals surface area contributed by atoms with Crippen LogP contribution in [0, 0.1) is 0 Å². The fourth-order valence-electron chi connectivity index (χ4n) is 1.81. The van der Waals surface area contributed by atoms with E-state index in [1.807, 2.05) is 49.7 Å². The highest BCUT2D eigenvalue weighted by Crippen LogP contribution is 2.28. The zero-order valence-corrected chi connectivity index (χ0v) is 13.7. The molecule has 2 rings (SSSR count). The summed E-state index contributed by atoms with van der Waals surface area (Å²) in [5.74, 6) is 0.983. The fraction of sp³-hybridized carbons (Fsp3) is 0.357. The molecule has 1 aromatic carbocycles. The largest absolute Gasteiger partial charge is 0.353 e. The molecule has 0 aliphatic heterocycles. The molecule has 21 heavy (non-hydrogen) atoms.